The molecule has 0 bridgehead atoms. The molecule has 14 heavy (non-hydrogen) atoms. The summed E-state index contributed by atoms with van der Waals surface area (Å²) >= 11 is 0. The number of halogens is 3. The monoisotopic (exact) mass is 242 g/mol. The minimum absolute atomic E-state index is 0.421. The summed E-state index contributed by atoms with van der Waals surface area (Å²) in [6, 6.07) is 1.81. The molecule has 0 amide bonds. The Bertz CT molecular complexity index is 458. The molecule has 0 spiro atoms. The summed E-state index contributed by atoms with van der Waals surface area (Å²) in [6.45, 7) is 0. The molecule has 1 aromatic carbocycles. The second-order valence-corrected chi connectivity index (χ2v) is 5.33. The highest BCUT2D eigenvalue weighted by Gasteiger charge is 2.17. The first kappa shape index (κ1) is 11.2. The van der Waals surface area contributed by atoms with E-state index in [0.29, 0.717) is 0 Å². The van der Waals surface area contributed by atoms with Gasteiger partial charge in [-0.05, 0) is 6.07 Å². The van der Waals surface area contributed by atoms with Crippen molar-refractivity contribution in [3.63, 3.8) is 0 Å². The maximum atomic E-state index is 12.9. The van der Waals surface area contributed by atoms with E-state index in [1.807, 2.05) is 0 Å². The highest BCUT2D eigenvalue weighted by atomic mass is 35.7. The van der Waals surface area contributed by atoms with Gasteiger partial charge in [-0.3, -0.25) is 0 Å². The Morgan fingerprint density at radius 3 is 2.36 bits per heavy atom. The maximum absolute atomic E-state index is 12.9. The summed E-state index contributed by atoms with van der Waals surface area (Å²) < 4.78 is 46.8. The third-order valence-corrected chi connectivity index (χ3v) is 2.45. The first-order valence-corrected chi connectivity index (χ1v) is 5.87. The molecule has 0 aliphatic carbocycles. The highest BCUT2D eigenvalue weighted by Crippen LogP contribution is 2.23. The van der Waals surface area contributed by atoms with E-state index in [-0.39, 0.29) is 0 Å². The Labute approximate surface area is 83.4 Å². The van der Waals surface area contributed by atoms with Gasteiger partial charge in [-0.15, -0.1) is 0 Å². The van der Waals surface area contributed by atoms with Crippen LogP contribution in [-0.4, -0.2) is 13.5 Å². The lowest BCUT2D eigenvalue weighted by molar-refractivity contribution is 0.405. The van der Waals surface area contributed by atoms with Crippen LogP contribution in [0.3, 0.4) is 0 Å². The van der Waals surface area contributed by atoms with Gasteiger partial charge in [0.05, 0.1) is 5.75 Å². The molecule has 0 aliphatic rings. The molecule has 0 saturated heterocycles. The van der Waals surface area contributed by atoms with Crippen molar-refractivity contribution >= 4 is 19.7 Å². The molecule has 0 heterocycles. The van der Waals surface area contributed by atoms with Crippen LogP contribution in [0.5, 0.6) is 5.75 Å². The molecule has 0 unspecified atom stereocenters. The van der Waals surface area contributed by atoms with E-state index in [1.54, 1.807) is 0 Å². The molecule has 0 aliphatic heterocycles. The second kappa shape index (κ2) is 3.70. The molecule has 0 aromatic heterocycles. The normalized spacial score (nSPS) is 11.6. The fourth-order valence-corrected chi connectivity index (χ4v) is 1.82. The van der Waals surface area contributed by atoms with Crippen LogP contribution in [0.15, 0.2) is 12.1 Å². The van der Waals surface area contributed by atoms with Crippen molar-refractivity contribution in [1.29, 1.82) is 0 Å². The fraction of sp³-hybridized carbons (Fsp3) is 0.143. The minimum atomic E-state index is -3.95. The number of hydrogen-bond donors (Lipinski definition) is 1. The first-order chi connectivity index (χ1) is 6.31. The van der Waals surface area contributed by atoms with Crippen molar-refractivity contribution in [2.24, 2.45) is 0 Å². The molecule has 3 nitrogen and oxygen atoms in total. The average Bonchev–Trinajstić information content (AvgIpc) is 2.04. The molecule has 0 fully saturated rings. The summed E-state index contributed by atoms with van der Waals surface area (Å²) in [6.07, 6.45) is 0. The summed E-state index contributed by atoms with van der Waals surface area (Å²) in [7, 11) is 0.907. The predicted octanol–water partition coefficient (Wildman–Crippen LogP) is 1.74. The van der Waals surface area contributed by atoms with Crippen LogP contribution in [0.1, 0.15) is 5.56 Å². The summed E-state index contributed by atoms with van der Waals surface area (Å²) in [5.41, 5.74) is -0.421. The van der Waals surface area contributed by atoms with E-state index >= 15 is 0 Å². The zero-order valence-electron chi connectivity index (χ0n) is 6.67. The van der Waals surface area contributed by atoms with Crippen LogP contribution in [-0.2, 0) is 14.8 Å². The number of hydrogen-bond acceptors (Lipinski definition) is 3. The van der Waals surface area contributed by atoms with Crippen molar-refractivity contribution in [3.05, 3.63) is 29.3 Å². The van der Waals surface area contributed by atoms with E-state index < -0.39 is 37.8 Å². The lowest BCUT2D eigenvalue weighted by atomic mass is 10.2. The Kier molecular flexibility index (Phi) is 2.96. The minimum Gasteiger partial charge on any atom is -0.505 e. The number of phenolic OH excluding ortho intramolecular Hbond substituents is 1. The molecule has 1 N–H and O–H groups in total. The quantitative estimate of drug-likeness (QED) is 0.804. The second-order valence-electron chi connectivity index (χ2n) is 2.55. The van der Waals surface area contributed by atoms with Gasteiger partial charge in [0.25, 0.3) is 0 Å². The zero-order valence-corrected chi connectivity index (χ0v) is 8.24. The lowest BCUT2D eigenvalue weighted by Crippen LogP contribution is -2.00. The Balaban J connectivity index is 3.19. The van der Waals surface area contributed by atoms with E-state index in [1.165, 1.54) is 0 Å². The standard InChI is InChI=1S/C7H5ClF2O3S/c8-14(12,13)3-4-1-2-5(11)7(10)6(4)9/h1-2,11H,3H2. The SMILES string of the molecule is O=S(=O)(Cl)Cc1ccc(O)c(F)c1F. The van der Waals surface area contributed by atoms with Crippen LogP contribution < -0.4 is 0 Å². The highest BCUT2D eigenvalue weighted by molar-refractivity contribution is 8.13. The topological polar surface area (TPSA) is 54.4 Å². The van der Waals surface area contributed by atoms with Gasteiger partial charge in [0.15, 0.2) is 11.6 Å². The number of benzene rings is 1. The van der Waals surface area contributed by atoms with Crippen molar-refractivity contribution in [2.45, 2.75) is 5.75 Å². The number of aromatic hydroxyl groups is 1. The van der Waals surface area contributed by atoms with Gasteiger partial charge in [-0.2, -0.15) is 4.39 Å². The maximum Gasteiger partial charge on any atom is 0.236 e. The Morgan fingerprint density at radius 1 is 1.29 bits per heavy atom. The summed E-state index contributed by atoms with van der Waals surface area (Å²) in [5.74, 6) is -4.59. The number of phenols is 1. The molecular weight excluding hydrogens is 238 g/mol. The van der Waals surface area contributed by atoms with Crippen LogP contribution in [0, 0.1) is 11.6 Å². The van der Waals surface area contributed by atoms with E-state index in [9.17, 15) is 17.2 Å². The number of rotatable bonds is 2. The molecule has 0 atom stereocenters. The summed E-state index contributed by atoms with van der Waals surface area (Å²) in [5, 5.41) is 8.73. The van der Waals surface area contributed by atoms with Gasteiger partial charge < -0.3 is 5.11 Å². The lowest BCUT2D eigenvalue weighted by Gasteiger charge is -2.02. The van der Waals surface area contributed by atoms with E-state index in [0.717, 1.165) is 12.1 Å². The van der Waals surface area contributed by atoms with E-state index in [4.69, 9.17) is 15.8 Å². The Hall–Kier alpha value is -0.880. The van der Waals surface area contributed by atoms with Crippen molar-refractivity contribution in [1.82, 2.24) is 0 Å². The van der Waals surface area contributed by atoms with Crippen LogP contribution in [0.2, 0.25) is 0 Å². The first-order valence-electron chi connectivity index (χ1n) is 3.39. The van der Waals surface area contributed by atoms with Crippen LogP contribution in [0.25, 0.3) is 0 Å². The Morgan fingerprint density at radius 2 is 1.86 bits per heavy atom. The molecule has 0 saturated carbocycles. The molecule has 1 rings (SSSR count). The van der Waals surface area contributed by atoms with Crippen LogP contribution in [0.4, 0.5) is 8.78 Å². The molecular formula is C7H5ClF2O3S. The van der Waals surface area contributed by atoms with Crippen molar-refractivity contribution < 1.29 is 22.3 Å². The average molecular weight is 243 g/mol. The smallest absolute Gasteiger partial charge is 0.236 e. The third kappa shape index (κ3) is 2.55. The molecule has 0 radical (unpaired) electrons. The zero-order chi connectivity index (χ0) is 10.9. The third-order valence-electron chi connectivity index (χ3n) is 1.47. The van der Waals surface area contributed by atoms with Gasteiger partial charge in [-0.25, -0.2) is 12.8 Å². The summed E-state index contributed by atoms with van der Waals surface area (Å²) in [4.78, 5) is 0. The van der Waals surface area contributed by atoms with Gasteiger partial charge in [0.2, 0.25) is 14.9 Å². The van der Waals surface area contributed by atoms with E-state index in [2.05, 4.69) is 0 Å². The predicted molar refractivity (Wildman–Crippen MR) is 46.5 cm³/mol. The van der Waals surface area contributed by atoms with Gasteiger partial charge >= 0.3 is 0 Å². The van der Waals surface area contributed by atoms with Crippen LogP contribution >= 0.6 is 10.7 Å². The fourth-order valence-electron chi connectivity index (χ4n) is 0.876. The molecule has 1 aromatic rings. The van der Waals surface area contributed by atoms with Gasteiger partial charge in [0, 0.05) is 16.2 Å². The van der Waals surface area contributed by atoms with Crippen molar-refractivity contribution in [2.75, 3.05) is 0 Å². The largest absolute Gasteiger partial charge is 0.505 e. The van der Waals surface area contributed by atoms with Crippen molar-refractivity contribution in [3.8, 4) is 5.75 Å². The molecule has 7 heteroatoms. The molecule has 78 valence electrons. The van der Waals surface area contributed by atoms with Gasteiger partial charge in [-0.1, -0.05) is 6.07 Å². The van der Waals surface area contributed by atoms with Gasteiger partial charge in [0.1, 0.15) is 0 Å².